The Bertz CT molecular complexity index is 656. The first-order chi connectivity index (χ1) is 10.6. The Morgan fingerprint density at radius 3 is 2.41 bits per heavy atom. The highest BCUT2D eigenvalue weighted by Crippen LogP contribution is 2.30. The standard InChI is InChI=1S/C12H11NO.C7H10S/c1-9(2)13-11(8-12(13)14)10-6-4-3-5-7-10;1-2-4-7-5-3-6-8-7/h3-8H,1H2,2H3;3,5-6H,2,4H2,1H3. The van der Waals surface area contributed by atoms with E-state index >= 15 is 0 Å². The van der Waals surface area contributed by atoms with Gasteiger partial charge in [-0.25, -0.2) is 0 Å². The van der Waals surface area contributed by atoms with E-state index in [0.29, 0.717) is 0 Å². The Balaban J connectivity index is 0.000000188. The van der Waals surface area contributed by atoms with Crippen LogP contribution >= 0.6 is 11.3 Å². The van der Waals surface area contributed by atoms with E-state index in [-0.39, 0.29) is 5.91 Å². The second-order valence-electron chi connectivity index (χ2n) is 5.13. The van der Waals surface area contributed by atoms with Gasteiger partial charge in [0.25, 0.3) is 5.91 Å². The number of carbonyl (C=O) groups excluding carboxylic acids is 1. The fourth-order valence-electron chi connectivity index (χ4n) is 2.21. The molecule has 0 N–H and O–H groups in total. The van der Waals surface area contributed by atoms with Crippen molar-refractivity contribution in [3.05, 3.63) is 76.6 Å². The second-order valence-corrected chi connectivity index (χ2v) is 6.17. The van der Waals surface area contributed by atoms with Crippen LogP contribution in [0.1, 0.15) is 30.7 Å². The molecule has 0 spiro atoms. The van der Waals surface area contributed by atoms with Gasteiger partial charge in [-0.05, 0) is 30.4 Å². The molecule has 1 aliphatic heterocycles. The highest BCUT2D eigenvalue weighted by molar-refractivity contribution is 7.09. The lowest BCUT2D eigenvalue weighted by atomic mass is 10.0. The molecule has 3 heteroatoms. The molecule has 0 saturated carbocycles. The average molecular weight is 311 g/mol. The van der Waals surface area contributed by atoms with Gasteiger partial charge in [0.15, 0.2) is 0 Å². The molecule has 0 unspecified atom stereocenters. The summed E-state index contributed by atoms with van der Waals surface area (Å²) in [6, 6.07) is 14.1. The molecular weight excluding hydrogens is 290 g/mol. The van der Waals surface area contributed by atoms with Crippen LogP contribution < -0.4 is 0 Å². The van der Waals surface area contributed by atoms with Crippen molar-refractivity contribution >= 4 is 22.9 Å². The van der Waals surface area contributed by atoms with Crippen LogP contribution in [0.4, 0.5) is 0 Å². The summed E-state index contributed by atoms with van der Waals surface area (Å²) >= 11 is 1.85. The summed E-state index contributed by atoms with van der Waals surface area (Å²) in [4.78, 5) is 14.4. The fraction of sp³-hybridized carbons (Fsp3) is 0.211. The van der Waals surface area contributed by atoms with Crippen molar-refractivity contribution in [2.45, 2.75) is 26.7 Å². The lowest BCUT2D eigenvalue weighted by molar-refractivity contribution is -0.123. The number of aryl methyl sites for hydroxylation is 1. The normalized spacial score (nSPS) is 12.9. The number of allylic oxidation sites excluding steroid dienone is 1. The van der Waals surface area contributed by atoms with E-state index in [9.17, 15) is 4.79 Å². The molecule has 114 valence electrons. The predicted octanol–water partition coefficient (Wildman–Crippen LogP) is 5.10. The summed E-state index contributed by atoms with van der Waals surface area (Å²) in [6.07, 6.45) is 4.14. The molecule has 1 aliphatic rings. The number of hydrogen-bond donors (Lipinski definition) is 0. The molecule has 2 heterocycles. The Morgan fingerprint density at radius 1 is 1.18 bits per heavy atom. The Morgan fingerprint density at radius 2 is 1.91 bits per heavy atom. The monoisotopic (exact) mass is 311 g/mol. The van der Waals surface area contributed by atoms with Gasteiger partial charge in [-0.15, -0.1) is 11.3 Å². The number of amides is 1. The first-order valence-electron chi connectivity index (χ1n) is 7.42. The lowest BCUT2D eigenvalue weighted by Crippen LogP contribution is -2.34. The number of carbonyl (C=O) groups is 1. The third kappa shape index (κ3) is 3.95. The second kappa shape index (κ2) is 7.76. The van der Waals surface area contributed by atoms with Gasteiger partial charge in [0.1, 0.15) is 0 Å². The molecule has 2 nitrogen and oxygen atoms in total. The molecule has 0 fully saturated rings. The third-order valence-corrected chi connectivity index (χ3v) is 4.19. The first-order valence-corrected chi connectivity index (χ1v) is 8.30. The Labute approximate surface area is 136 Å². The van der Waals surface area contributed by atoms with Crippen LogP contribution in [-0.4, -0.2) is 10.8 Å². The van der Waals surface area contributed by atoms with Crippen molar-refractivity contribution in [2.24, 2.45) is 0 Å². The van der Waals surface area contributed by atoms with Crippen molar-refractivity contribution < 1.29 is 4.79 Å². The Hall–Kier alpha value is -2.13. The van der Waals surface area contributed by atoms with Gasteiger partial charge < -0.3 is 0 Å². The topological polar surface area (TPSA) is 20.3 Å². The maximum Gasteiger partial charge on any atom is 0.257 e. The summed E-state index contributed by atoms with van der Waals surface area (Å²) in [5.74, 6) is 0.0105. The van der Waals surface area contributed by atoms with E-state index in [2.05, 4.69) is 31.0 Å². The molecule has 2 aromatic rings. The molecule has 22 heavy (non-hydrogen) atoms. The highest BCUT2D eigenvalue weighted by atomic mass is 32.1. The van der Waals surface area contributed by atoms with E-state index in [0.717, 1.165) is 17.0 Å². The van der Waals surface area contributed by atoms with Gasteiger partial charge in [0.2, 0.25) is 0 Å². The molecule has 1 aromatic heterocycles. The van der Waals surface area contributed by atoms with Gasteiger partial charge in [-0.2, -0.15) is 0 Å². The summed E-state index contributed by atoms with van der Waals surface area (Å²) < 4.78 is 0. The molecule has 1 amide bonds. The quantitative estimate of drug-likeness (QED) is 0.769. The van der Waals surface area contributed by atoms with Crippen LogP contribution in [0.25, 0.3) is 5.70 Å². The number of nitrogens with zero attached hydrogens (tertiary/aromatic N) is 1. The van der Waals surface area contributed by atoms with Crippen LogP contribution in [0.15, 0.2) is 66.2 Å². The number of thiophene rings is 1. The molecule has 1 aromatic carbocycles. The molecule has 0 aliphatic carbocycles. The number of hydrogen-bond acceptors (Lipinski definition) is 2. The smallest absolute Gasteiger partial charge is 0.257 e. The number of benzene rings is 1. The zero-order chi connectivity index (χ0) is 15.9. The van der Waals surface area contributed by atoms with E-state index in [4.69, 9.17) is 0 Å². The summed E-state index contributed by atoms with van der Waals surface area (Å²) in [6.45, 7) is 7.80. The molecule has 3 rings (SSSR count). The van der Waals surface area contributed by atoms with Gasteiger partial charge in [0, 0.05) is 16.7 Å². The van der Waals surface area contributed by atoms with Crippen molar-refractivity contribution in [3.63, 3.8) is 0 Å². The van der Waals surface area contributed by atoms with E-state index in [1.807, 2.05) is 48.6 Å². The van der Waals surface area contributed by atoms with Crippen molar-refractivity contribution in [1.82, 2.24) is 4.90 Å². The highest BCUT2D eigenvalue weighted by Gasteiger charge is 2.27. The summed E-state index contributed by atoms with van der Waals surface area (Å²) in [5.41, 5.74) is 2.74. The van der Waals surface area contributed by atoms with E-state index in [1.165, 1.54) is 17.7 Å². The van der Waals surface area contributed by atoms with E-state index in [1.54, 1.807) is 11.0 Å². The van der Waals surface area contributed by atoms with E-state index < -0.39 is 0 Å². The SMILES string of the molecule is C=C(C)N1C(=O)C=C1c1ccccc1.CCCc1cccs1. The predicted molar refractivity (Wildman–Crippen MR) is 94.4 cm³/mol. The van der Waals surface area contributed by atoms with Gasteiger partial charge >= 0.3 is 0 Å². The first kappa shape index (κ1) is 16.2. The van der Waals surface area contributed by atoms with Crippen LogP contribution in [0.5, 0.6) is 0 Å². The average Bonchev–Trinajstić information content (AvgIpc) is 2.99. The van der Waals surface area contributed by atoms with Crippen LogP contribution in [-0.2, 0) is 11.2 Å². The number of rotatable bonds is 4. The maximum atomic E-state index is 11.2. The van der Waals surface area contributed by atoms with Crippen LogP contribution in [0.2, 0.25) is 0 Å². The van der Waals surface area contributed by atoms with Crippen molar-refractivity contribution in [3.8, 4) is 0 Å². The Kier molecular flexibility index (Phi) is 5.73. The minimum absolute atomic E-state index is 0.0105. The summed E-state index contributed by atoms with van der Waals surface area (Å²) in [7, 11) is 0. The maximum absolute atomic E-state index is 11.2. The molecule has 0 radical (unpaired) electrons. The van der Waals surface area contributed by atoms with Crippen LogP contribution in [0.3, 0.4) is 0 Å². The van der Waals surface area contributed by atoms with Gasteiger partial charge in [0.05, 0.1) is 5.70 Å². The zero-order valence-electron chi connectivity index (χ0n) is 13.1. The lowest BCUT2D eigenvalue weighted by Gasteiger charge is -2.31. The van der Waals surface area contributed by atoms with Gasteiger partial charge in [-0.1, -0.05) is 56.3 Å². The van der Waals surface area contributed by atoms with Crippen LogP contribution in [0, 0.1) is 0 Å². The van der Waals surface area contributed by atoms with Gasteiger partial charge in [-0.3, -0.25) is 9.69 Å². The molecular formula is C19H21NOS. The summed E-state index contributed by atoms with van der Waals surface area (Å²) in [5, 5.41) is 2.13. The third-order valence-electron chi connectivity index (χ3n) is 3.25. The van der Waals surface area contributed by atoms with Crippen molar-refractivity contribution in [2.75, 3.05) is 0 Å². The molecule has 0 atom stereocenters. The minimum Gasteiger partial charge on any atom is -0.281 e. The fourth-order valence-corrected chi connectivity index (χ4v) is 3.03. The largest absolute Gasteiger partial charge is 0.281 e. The zero-order valence-corrected chi connectivity index (χ0v) is 13.9. The molecule has 0 bridgehead atoms. The van der Waals surface area contributed by atoms with Crippen molar-refractivity contribution in [1.29, 1.82) is 0 Å². The minimum atomic E-state index is 0.0105. The molecule has 0 saturated heterocycles.